The number of aliphatic hydroxyl groups is 1. The number of aliphatic hydroxyl groups excluding tert-OH is 1. The summed E-state index contributed by atoms with van der Waals surface area (Å²) in [6.45, 7) is 6.07. The number of amides is 1. The molecular formula is C14H21NO3. The number of aryl methyl sites for hydroxylation is 1. The van der Waals surface area contributed by atoms with Crippen molar-refractivity contribution in [2.45, 2.75) is 33.2 Å². The fourth-order valence-corrected chi connectivity index (χ4v) is 1.53. The van der Waals surface area contributed by atoms with Crippen molar-refractivity contribution in [2.75, 3.05) is 13.2 Å². The Hall–Kier alpha value is -1.55. The number of carbonyl (C=O) groups excluding carboxylic acids is 1. The molecule has 4 heteroatoms. The van der Waals surface area contributed by atoms with Gasteiger partial charge in [-0.25, -0.2) is 0 Å². The van der Waals surface area contributed by atoms with Gasteiger partial charge in [-0.15, -0.1) is 0 Å². The summed E-state index contributed by atoms with van der Waals surface area (Å²) >= 11 is 0. The van der Waals surface area contributed by atoms with E-state index in [1.54, 1.807) is 6.92 Å². The van der Waals surface area contributed by atoms with E-state index in [1.807, 2.05) is 32.0 Å². The van der Waals surface area contributed by atoms with Crippen LogP contribution in [-0.2, 0) is 4.79 Å². The minimum atomic E-state index is -0.210. The predicted octanol–water partition coefficient (Wildman–Crippen LogP) is 1.57. The van der Waals surface area contributed by atoms with Crippen molar-refractivity contribution >= 4 is 5.91 Å². The lowest BCUT2D eigenvalue weighted by atomic mass is 10.1. The van der Waals surface area contributed by atoms with Crippen molar-refractivity contribution < 1.29 is 14.6 Å². The fraction of sp³-hybridized carbons (Fsp3) is 0.500. The van der Waals surface area contributed by atoms with Gasteiger partial charge < -0.3 is 15.2 Å². The van der Waals surface area contributed by atoms with E-state index in [0.29, 0.717) is 6.61 Å². The highest BCUT2D eigenvalue weighted by atomic mass is 16.5. The molecule has 1 unspecified atom stereocenters. The molecule has 2 N–H and O–H groups in total. The van der Waals surface area contributed by atoms with Crippen LogP contribution in [0.4, 0.5) is 0 Å². The molecule has 0 aliphatic rings. The van der Waals surface area contributed by atoms with Gasteiger partial charge in [0.1, 0.15) is 5.75 Å². The largest absolute Gasteiger partial charge is 0.493 e. The van der Waals surface area contributed by atoms with E-state index in [2.05, 4.69) is 5.32 Å². The van der Waals surface area contributed by atoms with Gasteiger partial charge in [-0.3, -0.25) is 4.79 Å². The summed E-state index contributed by atoms with van der Waals surface area (Å²) in [4.78, 5) is 11.5. The van der Waals surface area contributed by atoms with Gasteiger partial charge >= 0.3 is 0 Å². The third-order valence-electron chi connectivity index (χ3n) is 2.82. The lowest BCUT2D eigenvalue weighted by Gasteiger charge is -2.12. The minimum absolute atomic E-state index is 0.0520. The van der Waals surface area contributed by atoms with Gasteiger partial charge in [-0.1, -0.05) is 12.1 Å². The van der Waals surface area contributed by atoms with Crippen LogP contribution >= 0.6 is 0 Å². The first kappa shape index (κ1) is 14.5. The molecule has 1 atom stereocenters. The Morgan fingerprint density at radius 3 is 2.83 bits per heavy atom. The second-order valence-corrected chi connectivity index (χ2v) is 4.45. The molecule has 4 nitrogen and oxygen atoms in total. The van der Waals surface area contributed by atoms with Crippen molar-refractivity contribution in [1.82, 2.24) is 5.32 Å². The van der Waals surface area contributed by atoms with Gasteiger partial charge in [0.25, 0.3) is 0 Å². The van der Waals surface area contributed by atoms with E-state index in [0.717, 1.165) is 11.3 Å². The molecule has 0 radical (unpaired) electrons. The highest BCUT2D eigenvalue weighted by molar-refractivity contribution is 5.76. The summed E-state index contributed by atoms with van der Waals surface area (Å²) in [6, 6.07) is 5.65. The fourth-order valence-electron chi connectivity index (χ4n) is 1.53. The summed E-state index contributed by atoms with van der Waals surface area (Å²) < 4.78 is 5.58. The van der Waals surface area contributed by atoms with E-state index >= 15 is 0 Å². The molecule has 0 saturated heterocycles. The first-order chi connectivity index (χ1) is 8.54. The summed E-state index contributed by atoms with van der Waals surface area (Å²) in [7, 11) is 0. The first-order valence-corrected chi connectivity index (χ1v) is 6.13. The summed E-state index contributed by atoms with van der Waals surface area (Å²) in [5, 5.41) is 11.5. The number of ether oxygens (including phenoxy) is 1. The quantitative estimate of drug-likeness (QED) is 0.807. The van der Waals surface area contributed by atoms with Crippen LogP contribution in [0.25, 0.3) is 0 Å². The van der Waals surface area contributed by atoms with Gasteiger partial charge in [0.05, 0.1) is 19.6 Å². The van der Waals surface area contributed by atoms with Gasteiger partial charge in [-0.05, 0) is 38.0 Å². The second-order valence-electron chi connectivity index (χ2n) is 4.45. The van der Waals surface area contributed by atoms with Crippen molar-refractivity contribution in [1.29, 1.82) is 0 Å². The Kier molecular flexibility index (Phi) is 5.65. The van der Waals surface area contributed by atoms with Gasteiger partial charge in [0.15, 0.2) is 0 Å². The molecule has 0 aliphatic heterocycles. The van der Waals surface area contributed by atoms with Gasteiger partial charge in [-0.2, -0.15) is 0 Å². The lowest BCUT2D eigenvalue weighted by Crippen LogP contribution is -2.35. The predicted molar refractivity (Wildman–Crippen MR) is 70.7 cm³/mol. The molecule has 0 aromatic heterocycles. The molecule has 1 rings (SSSR count). The zero-order valence-corrected chi connectivity index (χ0v) is 11.2. The molecule has 0 heterocycles. The zero-order valence-electron chi connectivity index (χ0n) is 11.2. The minimum Gasteiger partial charge on any atom is -0.493 e. The maximum absolute atomic E-state index is 11.5. The molecular weight excluding hydrogens is 230 g/mol. The van der Waals surface area contributed by atoms with Crippen LogP contribution in [0.15, 0.2) is 18.2 Å². The first-order valence-electron chi connectivity index (χ1n) is 6.13. The van der Waals surface area contributed by atoms with Crippen molar-refractivity contribution in [3.63, 3.8) is 0 Å². The monoisotopic (exact) mass is 251 g/mol. The maximum atomic E-state index is 11.5. The Morgan fingerprint density at radius 2 is 2.17 bits per heavy atom. The number of benzene rings is 1. The Morgan fingerprint density at radius 1 is 1.44 bits per heavy atom. The number of nitrogens with one attached hydrogen (secondary N) is 1. The van der Waals surface area contributed by atoms with Crippen LogP contribution < -0.4 is 10.1 Å². The van der Waals surface area contributed by atoms with Gasteiger partial charge in [0, 0.05) is 6.04 Å². The maximum Gasteiger partial charge on any atom is 0.223 e. The third kappa shape index (κ3) is 4.37. The highest BCUT2D eigenvalue weighted by Crippen LogP contribution is 2.20. The van der Waals surface area contributed by atoms with Crippen LogP contribution in [0.2, 0.25) is 0 Å². The number of hydrogen-bond donors (Lipinski definition) is 2. The highest BCUT2D eigenvalue weighted by Gasteiger charge is 2.07. The Bertz CT molecular complexity index is 404. The normalized spacial score (nSPS) is 12.0. The van der Waals surface area contributed by atoms with E-state index in [9.17, 15) is 4.79 Å². The standard InChI is InChI=1S/C14H21NO3/c1-10-5-4-6-13(12(10)3)18-8-7-14(17)15-11(2)9-16/h4-6,11,16H,7-9H2,1-3H3,(H,15,17). The molecule has 18 heavy (non-hydrogen) atoms. The lowest BCUT2D eigenvalue weighted by molar-refractivity contribution is -0.122. The molecule has 0 bridgehead atoms. The van der Waals surface area contributed by atoms with E-state index in [4.69, 9.17) is 9.84 Å². The molecule has 0 spiro atoms. The zero-order chi connectivity index (χ0) is 13.5. The van der Waals surface area contributed by atoms with Crippen molar-refractivity contribution in [3.8, 4) is 5.75 Å². The van der Waals surface area contributed by atoms with E-state index in [1.165, 1.54) is 5.56 Å². The molecule has 1 aromatic rings. The smallest absolute Gasteiger partial charge is 0.223 e. The van der Waals surface area contributed by atoms with Crippen LogP contribution in [0, 0.1) is 13.8 Å². The Balaban J connectivity index is 2.38. The van der Waals surface area contributed by atoms with Crippen LogP contribution in [0.3, 0.4) is 0 Å². The van der Waals surface area contributed by atoms with Crippen molar-refractivity contribution in [2.24, 2.45) is 0 Å². The average molecular weight is 251 g/mol. The van der Waals surface area contributed by atoms with Gasteiger partial charge in [0.2, 0.25) is 5.91 Å². The Labute approximate surface area is 108 Å². The van der Waals surface area contributed by atoms with E-state index < -0.39 is 0 Å². The number of carbonyl (C=O) groups is 1. The molecule has 0 fully saturated rings. The summed E-state index contributed by atoms with van der Waals surface area (Å²) in [5.74, 6) is 0.708. The number of rotatable bonds is 6. The van der Waals surface area contributed by atoms with Crippen LogP contribution in [-0.4, -0.2) is 30.3 Å². The molecule has 0 saturated carbocycles. The third-order valence-corrected chi connectivity index (χ3v) is 2.82. The van der Waals surface area contributed by atoms with E-state index in [-0.39, 0.29) is 25.0 Å². The SMILES string of the molecule is Cc1cccc(OCCC(=O)NC(C)CO)c1C. The average Bonchev–Trinajstić information content (AvgIpc) is 2.34. The summed E-state index contributed by atoms with van der Waals surface area (Å²) in [5.41, 5.74) is 2.27. The van der Waals surface area contributed by atoms with Crippen molar-refractivity contribution in [3.05, 3.63) is 29.3 Å². The molecule has 100 valence electrons. The number of hydrogen-bond acceptors (Lipinski definition) is 3. The topological polar surface area (TPSA) is 58.6 Å². The molecule has 1 amide bonds. The second kappa shape index (κ2) is 7.01. The van der Waals surface area contributed by atoms with Crippen LogP contribution in [0.5, 0.6) is 5.75 Å². The molecule has 0 aliphatic carbocycles. The molecule has 1 aromatic carbocycles. The van der Waals surface area contributed by atoms with Crippen LogP contribution in [0.1, 0.15) is 24.5 Å². The summed E-state index contributed by atoms with van der Waals surface area (Å²) in [6.07, 6.45) is 0.289.